The maximum Gasteiger partial charge on any atom is 0.224 e. The van der Waals surface area contributed by atoms with E-state index in [1.807, 2.05) is 6.07 Å². The van der Waals surface area contributed by atoms with Crippen molar-refractivity contribution < 1.29 is 4.79 Å². The van der Waals surface area contributed by atoms with Gasteiger partial charge < -0.3 is 10.2 Å². The van der Waals surface area contributed by atoms with E-state index < -0.39 is 0 Å². The second-order valence-corrected chi connectivity index (χ2v) is 7.00. The molecule has 1 aromatic carbocycles. The highest BCUT2D eigenvalue weighted by Gasteiger charge is 2.28. The lowest BCUT2D eigenvalue weighted by molar-refractivity contribution is -0.131. The molecule has 0 spiro atoms. The molecular formula is C18H28N2O. The largest absolute Gasteiger partial charge is 0.339 e. The van der Waals surface area contributed by atoms with E-state index in [2.05, 4.69) is 55.3 Å². The molecule has 0 saturated carbocycles. The first-order valence-electron chi connectivity index (χ1n) is 8.04. The molecular weight excluding hydrogens is 260 g/mol. The Bertz CT molecular complexity index is 450. The summed E-state index contributed by atoms with van der Waals surface area (Å²) in [4.78, 5) is 14.5. The normalized spacial score (nSPS) is 19.0. The third-order valence-corrected chi connectivity index (χ3v) is 4.01. The number of carbonyl (C=O) groups is 1. The highest BCUT2D eigenvalue weighted by atomic mass is 16.2. The number of nitrogens with one attached hydrogen (secondary N) is 1. The minimum Gasteiger partial charge on any atom is -0.339 e. The number of carbonyl (C=O) groups excluding carboxylic acids is 1. The van der Waals surface area contributed by atoms with Gasteiger partial charge in [0.05, 0.1) is 0 Å². The van der Waals surface area contributed by atoms with Gasteiger partial charge in [-0.3, -0.25) is 4.79 Å². The minimum absolute atomic E-state index is 0.0781. The molecule has 1 unspecified atom stereocenters. The van der Waals surface area contributed by atoms with Crippen LogP contribution in [0.5, 0.6) is 0 Å². The Labute approximate surface area is 128 Å². The lowest BCUT2D eigenvalue weighted by atomic mass is 10.0. The van der Waals surface area contributed by atoms with Gasteiger partial charge in [-0.2, -0.15) is 0 Å². The van der Waals surface area contributed by atoms with Crippen LogP contribution in [-0.4, -0.2) is 35.5 Å². The molecule has 0 bridgehead atoms. The van der Waals surface area contributed by atoms with Crippen LogP contribution in [0, 0.1) is 0 Å². The summed E-state index contributed by atoms with van der Waals surface area (Å²) in [6, 6.07) is 10.9. The van der Waals surface area contributed by atoms with Crippen LogP contribution in [0.15, 0.2) is 30.3 Å². The Morgan fingerprint density at radius 3 is 2.67 bits per heavy atom. The molecule has 1 aromatic rings. The van der Waals surface area contributed by atoms with Gasteiger partial charge in [0.15, 0.2) is 0 Å². The van der Waals surface area contributed by atoms with Crippen LogP contribution in [0.4, 0.5) is 0 Å². The number of amides is 1. The van der Waals surface area contributed by atoms with E-state index in [0.717, 1.165) is 32.4 Å². The van der Waals surface area contributed by atoms with Gasteiger partial charge in [0.2, 0.25) is 5.91 Å². The predicted molar refractivity (Wildman–Crippen MR) is 87.3 cm³/mol. The Kier molecular flexibility index (Phi) is 5.40. The van der Waals surface area contributed by atoms with E-state index in [9.17, 15) is 4.79 Å². The zero-order valence-electron chi connectivity index (χ0n) is 13.6. The van der Waals surface area contributed by atoms with Gasteiger partial charge in [-0.25, -0.2) is 0 Å². The Balaban J connectivity index is 1.85. The van der Waals surface area contributed by atoms with Gasteiger partial charge in [0, 0.05) is 31.1 Å². The molecule has 116 valence electrons. The number of likely N-dealkylation sites (tertiary alicyclic amines) is 1. The first-order chi connectivity index (χ1) is 9.96. The van der Waals surface area contributed by atoms with E-state index in [4.69, 9.17) is 0 Å². The number of benzene rings is 1. The molecule has 1 fully saturated rings. The van der Waals surface area contributed by atoms with Crippen molar-refractivity contribution >= 4 is 5.91 Å². The highest BCUT2D eigenvalue weighted by molar-refractivity contribution is 5.77. The van der Waals surface area contributed by atoms with Crippen LogP contribution in [0.25, 0.3) is 0 Å². The van der Waals surface area contributed by atoms with E-state index in [-0.39, 0.29) is 5.54 Å². The fraction of sp³-hybridized carbons (Fsp3) is 0.611. The van der Waals surface area contributed by atoms with E-state index in [0.29, 0.717) is 18.4 Å². The molecule has 1 heterocycles. The minimum atomic E-state index is 0.0781. The summed E-state index contributed by atoms with van der Waals surface area (Å²) in [5.74, 6) is 0.296. The van der Waals surface area contributed by atoms with E-state index in [1.165, 1.54) is 5.56 Å². The smallest absolute Gasteiger partial charge is 0.224 e. The molecule has 0 aliphatic carbocycles. The first kappa shape index (κ1) is 16.0. The predicted octanol–water partition coefficient (Wildman–Crippen LogP) is 3.00. The fourth-order valence-electron chi connectivity index (χ4n) is 2.95. The summed E-state index contributed by atoms with van der Waals surface area (Å²) in [6.07, 6.45) is 3.85. The third-order valence-electron chi connectivity index (χ3n) is 4.01. The first-order valence-corrected chi connectivity index (χ1v) is 8.04. The van der Waals surface area contributed by atoms with Crippen LogP contribution >= 0.6 is 0 Å². The Morgan fingerprint density at radius 1 is 1.29 bits per heavy atom. The molecule has 3 heteroatoms. The molecule has 1 amide bonds. The van der Waals surface area contributed by atoms with Gasteiger partial charge >= 0.3 is 0 Å². The van der Waals surface area contributed by atoms with Gasteiger partial charge in [0.1, 0.15) is 0 Å². The maximum atomic E-state index is 12.4. The van der Waals surface area contributed by atoms with Crippen molar-refractivity contribution in [2.45, 2.75) is 58.0 Å². The summed E-state index contributed by atoms with van der Waals surface area (Å²) in [5, 5.41) is 3.39. The van der Waals surface area contributed by atoms with Crippen molar-refractivity contribution in [1.29, 1.82) is 0 Å². The molecule has 21 heavy (non-hydrogen) atoms. The Hall–Kier alpha value is -1.35. The zero-order valence-corrected chi connectivity index (χ0v) is 13.6. The average Bonchev–Trinajstić information content (AvgIpc) is 2.86. The zero-order chi connectivity index (χ0) is 15.3. The highest BCUT2D eigenvalue weighted by Crippen LogP contribution is 2.22. The van der Waals surface area contributed by atoms with E-state index >= 15 is 0 Å². The molecule has 1 atom stereocenters. The van der Waals surface area contributed by atoms with Crippen LogP contribution in [0.2, 0.25) is 0 Å². The topological polar surface area (TPSA) is 32.3 Å². The van der Waals surface area contributed by atoms with Crippen molar-refractivity contribution in [2.24, 2.45) is 0 Å². The molecule has 1 saturated heterocycles. The maximum absolute atomic E-state index is 12.4. The molecule has 3 nitrogen and oxygen atoms in total. The second kappa shape index (κ2) is 7.08. The summed E-state index contributed by atoms with van der Waals surface area (Å²) >= 11 is 0. The quantitative estimate of drug-likeness (QED) is 0.903. The van der Waals surface area contributed by atoms with Crippen molar-refractivity contribution in [3.05, 3.63) is 35.9 Å². The van der Waals surface area contributed by atoms with Crippen LogP contribution in [0.3, 0.4) is 0 Å². The Morgan fingerprint density at radius 2 is 2.00 bits per heavy atom. The van der Waals surface area contributed by atoms with Crippen molar-refractivity contribution in [1.82, 2.24) is 10.2 Å². The molecule has 1 aliphatic heterocycles. The average molecular weight is 288 g/mol. The van der Waals surface area contributed by atoms with Gasteiger partial charge in [-0.1, -0.05) is 30.3 Å². The van der Waals surface area contributed by atoms with Gasteiger partial charge in [-0.05, 0) is 45.6 Å². The second-order valence-electron chi connectivity index (χ2n) is 7.00. The number of nitrogens with zero attached hydrogens (tertiary/aromatic N) is 1. The van der Waals surface area contributed by atoms with Gasteiger partial charge in [0.25, 0.3) is 0 Å². The summed E-state index contributed by atoms with van der Waals surface area (Å²) in [7, 11) is 0. The molecule has 1 N–H and O–H groups in total. The van der Waals surface area contributed by atoms with E-state index in [1.54, 1.807) is 0 Å². The number of hydrogen-bond acceptors (Lipinski definition) is 2. The summed E-state index contributed by atoms with van der Waals surface area (Å²) in [5.41, 5.74) is 1.41. The van der Waals surface area contributed by atoms with Crippen LogP contribution in [0.1, 0.15) is 45.6 Å². The summed E-state index contributed by atoms with van der Waals surface area (Å²) < 4.78 is 0. The molecule has 0 radical (unpaired) electrons. The monoisotopic (exact) mass is 288 g/mol. The SMILES string of the molecule is CC(C)(C)NCCC(=O)N1CCCC1Cc1ccccc1. The van der Waals surface area contributed by atoms with Crippen LogP contribution < -0.4 is 5.32 Å². The van der Waals surface area contributed by atoms with Crippen molar-refractivity contribution in [3.63, 3.8) is 0 Å². The lowest BCUT2D eigenvalue weighted by Gasteiger charge is -2.26. The molecule has 2 rings (SSSR count). The number of hydrogen-bond donors (Lipinski definition) is 1. The molecule has 0 aromatic heterocycles. The molecule has 1 aliphatic rings. The van der Waals surface area contributed by atoms with Crippen molar-refractivity contribution in [3.8, 4) is 0 Å². The van der Waals surface area contributed by atoms with Crippen LogP contribution in [-0.2, 0) is 11.2 Å². The van der Waals surface area contributed by atoms with Crippen molar-refractivity contribution in [2.75, 3.05) is 13.1 Å². The third kappa shape index (κ3) is 5.16. The summed E-state index contributed by atoms with van der Waals surface area (Å²) in [6.45, 7) is 8.07. The standard InChI is InChI=1S/C18H28N2O/c1-18(2,3)19-12-11-17(21)20-13-7-10-16(20)14-15-8-5-4-6-9-15/h4-6,8-9,16,19H,7,10-14H2,1-3H3. The lowest BCUT2D eigenvalue weighted by Crippen LogP contribution is -2.41. The van der Waals surface area contributed by atoms with Gasteiger partial charge in [-0.15, -0.1) is 0 Å². The number of rotatable bonds is 5. The fourth-order valence-corrected chi connectivity index (χ4v) is 2.95.